The average molecular weight is 134 g/mol. The highest BCUT2D eigenvalue weighted by atomic mass is 32.2. The Labute approximate surface area is 50.8 Å². The number of imide groups is 1. The Balaban J connectivity index is 3.40. The summed E-state index contributed by atoms with van der Waals surface area (Å²) < 4.78 is 0. The smallest absolute Gasteiger partial charge is 0.319 e. The first kappa shape index (κ1) is 7.29. The van der Waals surface area contributed by atoms with Crippen LogP contribution in [0.3, 0.4) is 0 Å². The van der Waals surface area contributed by atoms with E-state index in [2.05, 4.69) is 5.73 Å². The van der Waals surface area contributed by atoms with E-state index in [-0.39, 0.29) is 0 Å². The van der Waals surface area contributed by atoms with Gasteiger partial charge >= 0.3 is 6.03 Å². The van der Waals surface area contributed by atoms with E-state index in [9.17, 15) is 9.59 Å². The molecule has 0 aromatic rings. The molecule has 0 aromatic carbocycles. The zero-order valence-electron chi connectivity index (χ0n) is 4.30. The Morgan fingerprint density at radius 1 is 1.62 bits per heavy atom. The molecule has 0 aromatic heterocycles. The summed E-state index contributed by atoms with van der Waals surface area (Å²) in [6.45, 7) is 0. The predicted molar refractivity (Wildman–Crippen MR) is 31.6 cm³/mol. The highest BCUT2D eigenvalue weighted by molar-refractivity contribution is 8.13. The van der Waals surface area contributed by atoms with Gasteiger partial charge in [0.2, 0.25) is 0 Å². The maximum Gasteiger partial charge on any atom is 0.319 e. The molecule has 0 saturated carbocycles. The Morgan fingerprint density at radius 2 is 2.12 bits per heavy atom. The molecule has 0 aliphatic rings. The minimum Gasteiger partial charge on any atom is -0.351 e. The fourth-order valence-corrected chi connectivity index (χ4v) is 0.354. The molecule has 0 saturated heterocycles. The van der Waals surface area contributed by atoms with Gasteiger partial charge in [-0.25, -0.2) is 4.79 Å². The number of carbonyl (C=O) groups excluding carboxylic acids is 2. The molecule has 5 heteroatoms. The van der Waals surface area contributed by atoms with Gasteiger partial charge < -0.3 is 5.73 Å². The van der Waals surface area contributed by atoms with E-state index in [1.165, 1.54) is 0 Å². The van der Waals surface area contributed by atoms with Gasteiger partial charge in [0.15, 0.2) is 0 Å². The highest BCUT2D eigenvalue weighted by Crippen LogP contribution is 1.90. The second-order valence-corrected chi connectivity index (χ2v) is 1.76. The standard InChI is InChI=1S/C3H6N2O2S/c1-8-3(7)5-2(4)6/h1H3,(H3,4,5,6,7). The summed E-state index contributed by atoms with van der Waals surface area (Å²) in [6, 6.07) is -0.815. The van der Waals surface area contributed by atoms with Crippen molar-refractivity contribution in [3.63, 3.8) is 0 Å². The second kappa shape index (κ2) is 3.31. The number of nitrogens with two attached hydrogens (primary N) is 1. The average Bonchev–Trinajstić information content (AvgIpc) is 1.65. The molecule has 46 valence electrons. The van der Waals surface area contributed by atoms with E-state index < -0.39 is 11.3 Å². The van der Waals surface area contributed by atoms with Gasteiger partial charge in [-0.05, 0) is 6.26 Å². The van der Waals surface area contributed by atoms with Gasteiger partial charge in [0.1, 0.15) is 0 Å². The van der Waals surface area contributed by atoms with E-state index >= 15 is 0 Å². The number of hydrogen-bond acceptors (Lipinski definition) is 3. The molecule has 0 spiro atoms. The first-order valence-electron chi connectivity index (χ1n) is 1.81. The molecule has 8 heavy (non-hydrogen) atoms. The van der Waals surface area contributed by atoms with Crippen LogP contribution in [-0.2, 0) is 0 Å². The summed E-state index contributed by atoms with van der Waals surface area (Å²) in [7, 11) is 0. The number of carbonyl (C=O) groups is 2. The normalized spacial score (nSPS) is 8.12. The summed E-state index contributed by atoms with van der Waals surface area (Å²) in [5.41, 5.74) is 4.58. The summed E-state index contributed by atoms with van der Waals surface area (Å²) in [4.78, 5) is 20.0. The van der Waals surface area contributed by atoms with Crippen LogP contribution in [0.4, 0.5) is 9.59 Å². The van der Waals surface area contributed by atoms with Gasteiger partial charge in [0.25, 0.3) is 5.24 Å². The Kier molecular flexibility index (Phi) is 3.02. The van der Waals surface area contributed by atoms with Crippen molar-refractivity contribution < 1.29 is 9.59 Å². The quantitative estimate of drug-likeness (QED) is 0.495. The number of urea groups is 1. The van der Waals surface area contributed by atoms with Crippen molar-refractivity contribution >= 4 is 23.0 Å². The number of hydrogen-bond donors (Lipinski definition) is 2. The van der Waals surface area contributed by atoms with Crippen molar-refractivity contribution in [1.29, 1.82) is 0 Å². The molecule has 0 unspecified atom stereocenters. The third kappa shape index (κ3) is 3.48. The van der Waals surface area contributed by atoms with Gasteiger partial charge in [-0.2, -0.15) is 0 Å². The molecule has 3 N–H and O–H groups in total. The summed E-state index contributed by atoms with van der Waals surface area (Å²) >= 11 is 0.902. The van der Waals surface area contributed by atoms with Crippen LogP contribution in [0.15, 0.2) is 0 Å². The molecule has 3 amide bonds. The molecular weight excluding hydrogens is 128 g/mol. The van der Waals surface area contributed by atoms with Crippen LogP contribution in [0.2, 0.25) is 0 Å². The molecule has 0 radical (unpaired) electrons. The van der Waals surface area contributed by atoms with Crippen molar-refractivity contribution in [1.82, 2.24) is 5.32 Å². The molecular formula is C3H6N2O2S. The van der Waals surface area contributed by atoms with Crippen LogP contribution in [0.1, 0.15) is 0 Å². The van der Waals surface area contributed by atoms with Gasteiger partial charge in [-0.15, -0.1) is 0 Å². The fraction of sp³-hybridized carbons (Fsp3) is 0.333. The van der Waals surface area contributed by atoms with Crippen molar-refractivity contribution in [3.8, 4) is 0 Å². The highest BCUT2D eigenvalue weighted by Gasteiger charge is 1.97. The maximum atomic E-state index is 10.2. The predicted octanol–water partition coefficient (Wildman–Crippen LogP) is 0.138. The van der Waals surface area contributed by atoms with Crippen LogP contribution in [0, 0.1) is 0 Å². The van der Waals surface area contributed by atoms with Crippen LogP contribution >= 0.6 is 11.8 Å². The van der Waals surface area contributed by atoms with Crippen LogP contribution in [-0.4, -0.2) is 17.5 Å². The van der Waals surface area contributed by atoms with Gasteiger partial charge in [0, 0.05) is 0 Å². The lowest BCUT2D eigenvalue weighted by Crippen LogP contribution is -2.31. The third-order valence-corrected chi connectivity index (χ3v) is 0.884. The number of thioether (sulfide) groups is 1. The molecule has 4 nitrogen and oxygen atoms in total. The van der Waals surface area contributed by atoms with Gasteiger partial charge in [0.05, 0.1) is 0 Å². The lowest BCUT2D eigenvalue weighted by Gasteiger charge is -1.91. The molecule has 0 heterocycles. The fourth-order valence-electron chi connectivity index (χ4n) is 0.152. The number of nitrogens with one attached hydrogen (secondary N) is 1. The zero-order chi connectivity index (χ0) is 6.57. The number of amides is 3. The van der Waals surface area contributed by atoms with Gasteiger partial charge in [-0.1, -0.05) is 11.8 Å². The first-order valence-corrected chi connectivity index (χ1v) is 3.03. The van der Waals surface area contributed by atoms with Crippen molar-refractivity contribution in [2.45, 2.75) is 0 Å². The maximum absolute atomic E-state index is 10.2. The second-order valence-electron chi connectivity index (χ2n) is 0.981. The molecule has 0 aliphatic carbocycles. The van der Waals surface area contributed by atoms with Crippen LogP contribution in [0.25, 0.3) is 0 Å². The molecule has 0 fully saturated rings. The summed E-state index contributed by atoms with van der Waals surface area (Å²) in [5, 5.41) is 1.42. The number of primary amides is 1. The zero-order valence-corrected chi connectivity index (χ0v) is 5.12. The Hall–Kier alpha value is -0.710. The Morgan fingerprint density at radius 3 is 2.25 bits per heavy atom. The topological polar surface area (TPSA) is 72.2 Å². The summed E-state index contributed by atoms with van der Waals surface area (Å²) in [6.07, 6.45) is 1.55. The first-order chi connectivity index (χ1) is 3.66. The molecule has 0 aliphatic heterocycles. The number of rotatable bonds is 0. The minimum absolute atomic E-state index is 0.433. The summed E-state index contributed by atoms with van der Waals surface area (Å²) in [5.74, 6) is 0. The lowest BCUT2D eigenvalue weighted by molar-refractivity contribution is 0.242. The van der Waals surface area contributed by atoms with Gasteiger partial charge in [-0.3, -0.25) is 10.1 Å². The van der Waals surface area contributed by atoms with E-state index in [1.54, 1.807) is 6.26 Å². The monoisotopic (exact) mass is 134 g/mol. The van der Waals surface area contributed by atoms with Crippen molar-refractivity contribution in [3.05, 3.63) is 0 Å². The largest absolute Gasteiger partial charge is 0.351 e. The van der Waals surface area contributed by atoms with Crippen molar-refractivity contribution in [2.75, 3.05) is 6.26 Å². The van der Waals surface area contributed by atoms with E-state index in [0.717, 1.165) is 11.8 Å². The molecule has 0 rings (SSSR count). The van der Waals surface area contributed by atoms with E-state index in [1.807, 2.05) is 5.32 Å². The van der Waals surface area contributed by atoms with Crippen LogP contribution in [0.5, 0.6) is 0 Å². The Bertz CT molecular complexity index is 114. The van der Waals surface area contributed by atoms with Crippen LogP contribution < -0.4 is 11.1 Å². The minimum atomic E-state index is -0.815. The molecule has 0 bridgehead atoms. The molecule has 0 atom stereocenters. The van der Waals surface area contributed by atoms with E-state index in [4.69, 9.17) is 0 Å². The van der Waals surface area contributed by atoms with E-state index in [0.29, 0.717) is 0 Å². The SMILES string of the molecule is CSC(=O)NC(N)=O. The lowest BCUT2D eigenvalue weighted by atomic mass is 11.0. The van der Waals surface area contributed by atoms with Crippen molar-refractivity contribution in [2.24, 2.45) is 5.73 Å². The third-order valence-electron chi connectivity index (χ3n) is 0.411.